The van der Waals surface area contributed by atoms with Crippen LogP contribution in [0.15, 0.2) is 53.4 Å². The highest BCUT2D eigenvalue weighted by molar-refractivity contribution is 7.90. The van der Waals surface area contributed by atoms with Crippen LogP contribution in [0.4, 0.5) is 5.69 Å². The van der Waals surface area contributed by atoms with Gasteiger partial charge in [0, 0.05) is 11.9 Å². The second-order valence-corrected chi connectivity index (χ2v) is 7.81. The summed E-state index contributed by atoms with van der Waals surface area (Å²) in [6, 6.07) is 12.1. The van der Waals surface area contributed by atoms with Gasteiger partial charge in [0.2, 0.25) is 0 Å². The molecule has 8 heteroatoms. The average molecular weight is 391 g/mol. The molecular weight excluding hydrogens is 370 g/mol. The van der Waals surface area contributed by atoms with Crippen LogP contribution in [0.3, 0.4) is 0 Å². The highest BCUT2D eigenvalue weighted by atomic mass is 32.2. The van der Waals surface area contributed by atoms with Crippen LogP contribution in [-0.4, -0.2) is 39.3 Å². The van der Waals surface area contributed by atoms with Gasteiger partial charge in [0.15, 0.2) is 15.9 Å². The van der Waals surface area contributed by atoms with E-state index in [1.165, 1.54) is 31.2 Å². The summed E-state index contributed by atoms with van der Waals surface area (Å²) >= 11 is 0. The van der Waals surface area contributed by atoms with E-state index in [4.69, 9.17) is 9.47 Å². The maximum atomic E-state index is 12.2. The number of benzene rings is 2. The second-order valence-electron chi connectivity index (χ2n) is 5.79. The number of anilines is 1. The molecule has 0 unspecified atom stereocenters. The van der Waals surface area contributed by atoms with Crippen LogP contribution in [-0.2, 0) is 19.4 Å². The minimum absolute atomic E-state index is 0.0975. The van der Waals surface area contributed by atoms with Gasteiger partial charge in [-0.1, -0.05) is 0 Å². The normalized spacial score (nSPS) is 12.1. The van der Waals surface area contributed by atoms with Gasteiger partial charge in [0.25, 0.3) is 5.91 Å². The zero-order chi connectivity index (χ0) is 20.0. The molecule has 144 valence electrons. The number of carbonyl (C=O) groups excluding carboxylic acids is 2. The number of sulfone groups is 1. The van der Waals surface area contributed by atoms with Crippen molar-refractivity contribution in [2.24, 2.45) is 0 Å². The summed E-state index contributed by atoms with van der Waals surface area (Å²) < 4.78 is 33.3. The lowest BCUT2D eigenvalue weighted by Crippen LogP contribution is -2.30. The Morgan fingerprint density at radius 2 is 1.63 bits per heavy atom. The number of rotatable bonds is 7. The molecule has 0 spiro atoms. The van der Waals surface area contributed by atoms with Gasteiger partial charge < -0.3 is 14.8 Å². The Kier molecular flexibility index (Phi) is 6.57. The van der Waals surface area contributed by atoms with E-state index in [0.29, 0.717) is 18.0 Å². The van der Waals surface area contributed by atoms with Crippen molar-refractivity contribution >= 4 is 27.4 Å². The molecule has 0 saturated heterocycles. The van der Waals surface area contributed by atoms with Crippen LogP contribution in [0.5, 0.6) is 5.75 Å². The van der Waals surface area contributed by atoms with Crippen LogP contribution in [0.25, 0.3) is 0 Å². The monoisotopic (exact) mass is 391 g/mol. The van der Waals surface area contributed by atoms with Gasteiger partial charge >= 0.3 is 5.97 Å². The van der Waals surface area contributed by atoms with Gasteiger partial charge in [0.1, 0.15) is 5.75 Å². The van der Waals surface area contributed by atoms with Crippen molar-refractivity contribution in [1.29, 1.82) is 0 Å². The van der Waals surface area contributed by atoms with E-state index in [-0.39, 0.29) is 10.5 Å². The molecule has 1 N–H and O–H groups in total. The molecule has 2 aromatic rings. The van der Waals surface area contributed by atoms with Crippen LogP contribution in [0, 0.1) is 0 Å². The van der Waals surface area contributed by atoms with E-state index in [1.807, 2.05) is 6.92 Å². The van der Waals surface area contributed by atoms with Gasteiger partial charge in [-0.25, -0.2) is 13.2 Å². The molecule has 1 amide bonds. The smallest absolute Gasteiger partial charge is 0.338 e. The van der Waals surface area contributed by atoms with Gasteiger partial charge in [-0.2, -0.15) is 0 Å². The first-order chi connectivity index (χ1) is 12.7. The van der Waals surface area contributed by atoms with Crippen LogP contribution < -0.4 is 10.1 Å². The van der Waals surface area contributed by atoms with E-state index < -0.39 is 27.8 Å². The summed E-state index contributed by atoms with van der Waals surface area (Å²) in [4.78, 5) is 24.4. The number of nitrogens with one attached hydrogen (secondary N) is 1. The van der Waals surface area contributed by atoms with Crippen molar-refractivity contribution in [2.75, 3.05) is 18.2 Å². The van der Waals surface area contributed by atoms with Crippen LogP contribution in [0.2, 0.25) is 0 Å². The van der Waals surface area contributed by atoms with Gasteiger partial charge in [-0.15, -0.1) is 0 Å². The number of hydrogen-bond donors (Lipinski definition) is 1. The quantitative estimate of drug-likeness (QED) is 0.729. The first-order valence-electron chi connectivity index (χ1n) is 8.25. The Hall–Kier alpha value is -2.87. The summed E-state index contributed by atoms with van der Waals surface area (Å²) in [5.74, 6) is -0.517. The molecule has 0 fully saturated rings. The number of carbonyl (C=O) groups is 2. The molecular formula is C19H21NO6S. The zero-order valence-corrected chi connectivity index (χ0v) is 16.1. The highest BCUT2D eigenvalue weighted by Gasteiger charge is 2.19. The molecule has 0 aliphatic carbocycles. The maximum Gasteiger partial charge on any atom is 0.338 e. The number of esters is 1. The summed E-state index contributed by atoms with van der Waals surface area (Å²) in [6.45, 7) is 3.87. The molecule has 0 aliphatic heterocycles. The van der Waals surface area contributed by atoms with E-state index in [9.17, 15) is 18.0 Å². The third-order valence-corrected chi connectivity index (χ3v) is 4.73. The van der Waals surface area contributed by atoms with Gasteiger partial charge in [-0.05, 0) is 62.4 Å². The molecule has 2 rings (SSSR count). The largest absolute Gasteiger partial charge is 0.494 e. The summed E-state index contributed by atoms with van der Waals surface area (Å²) in [7, 11) is -3.35. The lowest BCUT2D eigenvalue weighted by atomic mass is 10.2. The Morgan fingerprint density at radius 1 is 1.04 bits per heavy atom. The first-order valence-corrected chi connectivity index (χ1v) is 10.1. The molecule has 2 aromatic carbocycles. The van der Waals surface area contributed by atoms with Gasteiger partial charge in [0.05, 0.1) is 17.1 Å². The van der Waals surface area contributed by atoms with Crippen LogP contribution in [0.1, 0.15) is 24.2 Å². The lowest BCUT2D eigenvalue weighted by molar-refractivity contribution is -0.123. The second kappa shape index (κ2) is 8.68. The Morgan fingerprint density at radius 3 is 2.15 bits per heavy atom. The minimum Gasteiger partial charge on any atom is -0.494 e. The topological polar surface area (TPSA) is 98.8 Å². The number of ether oxygens (including phenoxy) is 2. The van der Waals surface area contributed by atoms with E-state index in [2.05, 4.69) is 5.32 Å². The predicted octanol–water partition coefficient (Wildman–Crippen LogP) is 2.67. The SMILES string of the molecule is CCOc1ccc(NC(=O)[C@H](C)OC(=O)c2ccc(S(C)(=O)=O)cc2)cc1. The number of amides is 1. The van der Waals surface area contributed by atoms with Crippen LogP contribution >= 0.6 is 0 Å². The maximum absolute atomic E-state index is 12.2. The third-order valence-electron chi connectivity index (χ3n) is 3.60. The van der Waals surface area contributed by atoms with Crippen molar-refractivity contribution in [3.63, 3.8) is 0 Å². The number of hydrogen-bond acceptors (Lipinski definition) is 6. The molecule has 0 aliphatic rings. The highest BCUT2D eigenvalue weighted by Crippen LogP contribution is 2.16. The fourth-order valence-corrected chi connectivity index (χ4v) is 2.80. The summed E-state index contributed by atoms with van der Waals surface area (Å²) in [5.41, 5.74) is 0.701. The van der Waals surface area contributed by atoms with Crippen molar-refractivity contribution in [3.05, 3.63) is 54.1 Å². The third kappa shape index (κ3) is 5.82. The molecule has 0 aromatic heterocycles. The van der Waals surface area contributed by atoms with E-state index in [1.54, 1.807) is 24.3 Å². The lowest BCUT2D eigenvalue weighted by Gasteiger charge is -2.14. The molecule has 0 heterocycles. The summed E-state index contributed by atoms with van der Waals surface area (Å²) in [6.07, 6.45) is 0.0480. The fourth-order valence-electron chi connectivity index (χ4n) is 2.17. The molecule has 0 saturated carbocycles. The average Bonchev–Trinajstić information content (AvgIpc) is 2.63. The summed E-state index contributed by atoms with van der Waals surface area (Å²) in [5, 5.41) is 2.65. The molecule has 0 radical (unpaired) electrons. The minimum atomic E-state index is -3.35. The predicted molar refractivity (Wildman–Crippen MR) is 101 cm³/mol. The molecule has 0 bridgehead atoms. The van der Waals surface area contributed by atoms with Crippen molar-refractivity contribution < 1.29 is 27.5 Å². The fraction of sp³-hybridized carbons (Fsp3) is 0.263. The zero-order valence-electron chi connectivity index (χ0n) is 15.3. The van der Waals surface area contributed by atoms with Crippen molar-refractivity contribution in [2.45, 2.75) is 24.8 Å². The Labute approximate surface area is 158 Å². The molecule has 7 nitrogen and oxygen atoms in total. The van der Waals surface area contributed by atoms with E-state index >= 15 is 0 Å². The Bertz CT molecular complexity index is 904. The van der Waals surface area contributed by atoms with Crippen molar-refractivity contribution in [1.82, 2.24) is 0 Å². The van der Waals surface area contributed by atoms with Gasteiger partial charge in [-0.3, -0.25) is 4.79 Å². The standard InChI is InChI=1S/C19H21NO6S/c1-4-25-16-9-7-15(8-10-16)20-18(21)13(2)26-19(22)14-5-11-17(12-6-14)27(3,23)24/h5-13H,4H2,1-3H3,(H,20,21)/t13-/m0/s1. The molecule has 1 atom stereocenters. The first kappa shape index (κ1) is 20.4. The molecule has 27 heavy (non-hydrogen) atoms. The Balaban J connectivity index is 1.95. The van der Waals surface area contributed by atoms with E-state index in [0.717, 1.165) is 6.26 Å². The van der Waals surface area contributed by atoms with Crippen molar-refractivity contribution in [3.8, 4) is 5.75 Å².